The minimum absolute atomic E-state index is 0.0674. The average Bonchev–Trinajstić information content (AvgIpc) is 2.71. The summed E-state index contributed by atoms with van der Waals surface area (Å²) in [4.78, 5) is 0. The summed E-state index contributed by atoms with van der Waals surface area (Å²) in [6.07, 6.45) is 1.26. The fourth-order valence-electron chi connectivity index (χ4n) is 1.48. The number of benzene rings is 1. The van der Waals surface area contributed by atoms with Gasteiger partial charge < -0.3 is 4.57 Å². The predicted octanol–water partition coefficient (Wildman–Crippen LogP) is 1.58. The number of aromatic nitrogens is 3. The highest BCUT2D eigenvalue weighted by Gasteiger charge is 2.24. The zero-order valence-corrected chi connectivity index (χ0v) is 10.9. The third-order valence-electron chi connectivity index (χ3n) is 2.34. The van der Waals surface area contributed by atoms with Crippen LogP contribution in [0.15, 0.2) is 29.7 Å². The second kappa shape index (κ2) is 4.66. The zero-order valence-electron chi connectivity index (χ0n) is 9.34. The van der Waals surface area contributed by atoms with Crippen LogP contribution < -0.4 is 0 Å². The van der Waals surface area contributed by atoms with Crippen molar-refractivity contribution in [1.82, 2.24) is 14.8 Å². The summed E-state index contributed by atoms with van der Waals surface area (Å²) in [5.74, 6) is -1.21. The molecule has 2 rings (SSSR count). The molecule has 0 saturated carbocycles. The van der Waals surface area contributed by atoms with Gasteiger partial charge in [-0.2, -0.15) is 0 Å². The molecule has 18 heavy (non-hydrogen) atoms. The molecule has 1 heterocycles. The van der Waals surface area contributed by atoms with Crippen LogP contribution in [0, 0.1) is 5.82 Å². The quantitative estimate of drug-likeness (QED) is 0.860. The van der Waals surface area contributed by atoms with E-state index in [1.165, 1.54) is 30.1 Å². The van der Waals surface area contributed by atoms with E-state index in [4.69, 9.17) is 11.6 Å². The van der Waals surface area contributed by atoms with Crippen molar-refractivity contribution in [3.8, 4) is 0 Å². The van der Waals surface area contributed by atoms with Crippen LogP contribution in [0.25, 0.3) is 0 Å². The van der Waals surface area contributed by atoms with Crippen LogP contribution in [-0.4, -0.2) is 23.2 Å². The van der Waals surface area contributed by atoms with Crippen molar-refractivity contribution in [2.24, 2.45) is 7.05 Å². The van der Waals surface area contributed by atoms with E-state index in [9.17, 15) is 12.8 Å². The van der Waals surface area contributed by atoms with Crippen molar-refractivity contribution in [3.63, 3.8) is 0 Å². The summed E-state index contributed by atoms with van der Waals surface area (Å²) >= 11 is 5.79. The Bertz CT molecular complexity index is 664. The van der Waals surface area contributed by atoms with E-state index < -0.39 is 21.4 Å². The molecule has 1 aromatic heterocycles. The van der Waals surface area contributed by atoms with Gasteiger partial charge in [-0.25, -0.2) is 12.8 Å². The first-order valence-corrected chi connectivity index (χ1v) is 6.94. The molecular weight excluding hydrogens is 281 g/mol. The first kappa shape index (κ1) is 13.0. The molecule has 0 unspecified atom stereocenters. The van der Waals surface area contributed by atoms with Gasteiger partial charge in [-0.1, -0.05) is 17.7 Å². The van der Waals surface area contributed by atoms with Crippen molar-refractivity contribution < 1.29 is 12.8 Å². The maximum Gasteiger partial charge on any atom is 0.249 e. The molecule has 1 aromatic carbocycles. The Kier molecular flexibility index (Phi) is 3.36. The van der Waals surface area contributed by atoms with E-state index in [-0.39, 0.29) is 15.7 Å². The molecule has 0 radical (unpaired) electrons. The molecule has 0 amide bonds. The monoisotopic (exact) mass is 289 g/mol. The summed E-state index contributed by atoms with van der Waals surface area (Å²) in [5.41, 5.74) is -0.0674. The largest absolute Gasteiger partial charge is 0.308 e. The molecular formula is C10H9ClFN3O2S. The highest BCUT2D eigenvalue weighted by Crippen LogP contribution is 2.23. The third kappa shape index (κ3) is 2.37. The maximum atomic E-state index is 13.5. The average molecular weight is 290 g/mol. The lowest BCUT2D eigenvalue weighted by Gasteiger charge is -2.06. The fraction of sp³-hybridized carbons (Fsp3) is 0.200. The summed E-state index contributed by atoms with van der Waals surface area (Å²) < 4.78 is 38.9. The molecule has 0 aliphatic carbocycles. The Hall–Kier alpha value is -1.47. The molecule has 0 aliphatic rings. The lowest BCUT2D eigenvalue weighted by Crippen LogP contribution is -2.12. The Morgan fingerprint density at radius 3 is 2.72 bits per heavy atom. The van der Waals surface area contributed by atoms with Crippen molar-refractivity contribution in [3.05, 3.63) is 40.9 Å². The Labute approximate surface area is 108 Å². The smallest absolute Gasteiger partial charge is 0.249 e. The fourth-order valence-corrected chi connectivity index (χ4v) is 3.25. The van der Waals surface area contributed by atoms with Gasteiger partial charge in [0.05, 0.1) is 5.75 Å². The molecule has 0 spiro atoms. The molecule has 2 aromatic rings. The number of nitrogens with zero attached hydrogens (tertiary/aromatic N) is 3. The van der Waals surface area contributed by atoms with Crippen LogP contribution in [0.4, 0.5) is 4.39 Å². The lowest BCUT2D eigenvalue weighted by atomic mass is 10.2. The first-order chi connectivity index (χ1) is 8.42. The van der Waals surface area contributed by atoms with E-state index in [0.717, 1.165) is 6.07 Å². The van der Waals surface area contributed by atoms with Gasteiger partial charge in [-0.05, 0) is 12.1 Å². The van der Waals surface area contributed by atoms with Crippen LogP contribution in [-0.2, 0) is 22.6 Å². The minimum atomic E-state index is -3.78. The van der Waals surface area contributed by atoms with Crippen molar-refractivity contribution in [2.75, 3.05) is 0 Å². The number of sulfone groups is 1. The normalized spacial score (nSPS) is 11.7. The first-order valence-electron chi connectivity index (χ1n) is 4.91. The summed E-state index contributed by atoms with van der Waals surface area (Å²) in [5, 5.41) is 6.83. The zero-order chi connectivity index (χ0) is 13.3. The molecule has 5 nitrogen and oxygen atoms in total. The lowest BCUT2D eigenvalue weighted by molar-refractivity contribution is 0.572. The molecule has 0 fully saturated rings. The van der Waals surface area contributed by atoms with E-state index in [0.29, 0.717) is 0 Å². The summed E-state index contributed by atoms with van der Waals surface area (Å²) in [6.45, 7) is 0. The van der Waals surface area contributed by atoms with Gasteiger partial charge in [-0.15, -0.1) is 10.2 Å². The van der Waals surface area contributed by atoms with Crippen LogP contribution in [0.3, 0.4) is 0 Å². The van der Waals surface area contributed by atoms with E-state index >= 15 is 0 Å². The van der Waals surface area contributed by atoms with E-state index in [1.54, 1.807) is 0 Å². The molecule has 0 N–H and O–H groups in total. The van der Waals surface area contributed by atoms with Gasteiger partial charge in [0.2, 0.25) is 15.0 Å². The summed E-state index contributed by atoms with van der Waals surface area (Å²) in [6, 6.07) is 4.01. The standard InChI is InChI=1S/C10H9ClFN3O2S/c1-15-6-13-14-10(15)18(16,17)5-7-8(11)3-2-4-9(7)12/h2-4,6H,5H2,1H3. The minimum Gasteiger partial charge on any atom is -0.308 e. The van der Waals surface area contributed by atoms with Crippen molar-refractivity contribution in [1.29, 1.82) is 0 Å². The number of rotatable bonds is 3. The second-order valence-electron chi connectivity index (χ2n) is 3.68. The van der Waals surface area contributed by atoms with Gasteiger partial charge in [0, 0.05) is 17.6 Å². The molecule has 96 valence electrons. The molecule has 0 atom stereocenters. The Morgan fingerprint density at radius 1 is 1.44 bits per heavy atom. The van der Waals surface area contributed by atoms with Crippen LogP contribution in [0.2, 0.25) is 5.02 Å². The van der Waals surface area contributed by atoms with Crippen LogP contribution in [0.1, 0.15) is 5.56 Å². The van der Waals surface area contributed by atoms with Crippen molar-refractivity contribution in [2.45, 2.75) is 10.9 Å². The molecule has 0 bridgehead atoms. The summed E-state index contributed by atoms with van der Waals surface area (Å²) in [7, 11) is -2.28. The number of aryl methyl sites for hydroxylation is 1. The highest BCUT2D eigenvalue weighted by molar-refractivity contribution is 7.90. The Balaban J connectivity index is 2.44. The van der Waals surface area contributed by atoms with Crippen LogP contribution in [0.5, 0.6) is 0 Å². The van der Waals surface area contributed by atoms with Gasteiger partial charge in [0.25, 0.3) is 0 Å². The SMILES string of the molecule is Cn1cnnc1S(=O)(=O)Cc1c(F)cccc1Cl. The third-order valence-corrected chi connectivity index (χ3v) is 4.29. The maximum absolute atomic E-state index is 13.5. The highest BCUT2D eigenvalue weighted by atomic mass is 35.5. The molecule has 8 heteroatoms. The van der Waals surface area contributed by atoms with Crippen LogP contribution >= 0.6 is 11.6 Å². The van der Waals surface area contributed by atoms with Gasteiger partial charge in [0.1, 0.15) is 12.1 Å². The number of halogens is 2. The second-order valence-corrected chi connectivity index (χ2v) is 5.97. The van der Waals surface area contributed by atoms with Crippen molar-refractivity contribution >= 4 is 21.4 Å². The number of hydrogen-bond donors (Lipinski definition) is 0. The van der Waals surface area contributed by atoms with Gasteiger partial charge >= 0.3 is 0 Å². The topological polar surface area (TPSA) is 64.8 Å². The molecule has 0 saturated heterocycles. The van der Waals surface area contributed by atoms with Gasteiger partial charge in [-0.3, -0.25) is 0 Å². The number of hydrogen-bond acceptors (Lipinski definition) is 4. The van der Waals surface area contributed by atoms with Gasteiger partial charge in [0.15, 0.2) is 0 Å². The van der Waals surface area contributed by atoms with E-state index in [1.807, 2.05) is 0 Å². The Morgan fingerprint density at radius 2 is 2.17 bits per heavy atom. The predicted molar refractivity (Wildman–Crippen MR) is 63.3 cm³/mol. The molecule has 0 aliphatic heterocycles. The van der Waals surface area contributed by atoms with E-state index in [2.05, 4.69) is 10.2 Å².